The van der Waals surface area contributed by atoms with Crippen LogP contribution >= 0.6 is 11.6 Å². The van der Waals surface area contributed by atoms with E-state index in [1.807, 2.05) is 4.90 Å². The van der Waals surface area contributed by atoms with Gasteiger partial charge in [0.15, 0.2) is 0 Å². The third kappa shape index (κ3) is 3.88. The summed E-state index contributed by atoms with van der Waals surface area (Å²) in [5.41, 5.74) is -0.644. The summed E-state index contributed by atoms with van der Waals surface area (Å²) in [6, 6.07) is 4.77. The van der Waals surface area contributed by atoms with Crippen molar-refractivity contribution in [3.8, 4) is 0 Å². The molecule has 0 bridgehead atoms. The van der Waals surface area contributed by atoms with Crippen LogP contribution in [0, 0.1) is 0 Å². The van der Waals surface area contributed by atoms with Crippen molar-refractivity contribution >= 4 is 28.9 Å². The fourth-order valence-electron chi connectivity index (χ4n) is 2.32. The number of aromatic nitrogens is 2. The van der Waals surface area contributed by atoms with Crippen LogP contribution in [0.25, 0.3) is 0 Å². The van der Waals surface area contributed by atoms with E-state index in [9.17, 15) is 13.2 Å². The Kier molecular flexibility index (Phi) is 4.77. The summed E-state index contributed by atoms with van der Waals surface area (Å²) in [5, 5.41) is 3.00. The first-order valence-electron chi connectivity index (χ1n) is 7.22. The van der Waals surface area contributed by atoms with E-state index in [-0.39, 0.29) is 10.7 Å². The Bertz CT molecular complexity index is 720. The summed E-state index contributed by atoms with van der Waals surface area (Å²) in [5.74, 6) is 1.05. The highest BCUT2D eigenvalue weighted by Gasteiger charge is 2.31. The van der Waals surface area contributed by atoms with Crippen molar-refractivity contribution in [1.82, 2.24) is 9.97 Å². The summed E-state index contributed by atoms with van der Waals surface area (Å²) in [4.78, 5) is 10.3. The third-order valence-electron chi connectivity index (χ3n) is 3.54. The summed E-state index contributed by atoms with van der Waals surface area (Å²) < 4.78 is 43.8. The molecular formula is C15H14ClF3N4O. The first-order valence-corrected chi connectivity index (χ1v) is 7.60. The number of rotatable bonds is 3. The van der Waals surface area contributed by atoms with Gasteiger partial charge in [0, 0.05) is 19.2 Å². The summed E-state index contributed by atoms with van der Waals surface area (Å²) >= 11 is 5.98. The van der Waals surface area contributed by atoms with Crippen LogP contribution in [-0.4, -0.2) is 36.3 Å². The zero-order valence-electron chi connectivity index (χ0n) is 12.5. The van der Waals surface area contributed by atoms with Gasteiger partial charge in [0.05, 0.1) is 29.5 Å². The number of nitrogens with one attached hydrogen (secondary N) is 1. The molecule has 0 spiro atoms. The van der Waals surface area contributed by atoms with E-state index < -0.39 is 11.7 Å². The molecule has 0 radical (unpaired) electrons. The Morgan fingerprint density at radius 2 is 1.88 bits per heavy atom. The lowest BCUT2D eigenvalue weighted by molar-refractivity contribution is -0.137. The topological polar surface area (TPSA) is 50.3 Å². The highest BCUT2D eigenvalue weighted by atomic mass is 35.5. The van der Waals surface area contributed by atoms with Gasteiger partial charge in [0.2, 0.25) is 0 Å². The van der Waals surface area contributed by atoms with Crippen LogP contribution in [0.15, 0.2) is 30.6 Å². The number of ether oxygens (including phenoxy) is 1. The molecule has 9 heteroatoms. The van der Waals surface area contributed by atoms with E-state index in [0.29, 0.717) is 37.9 Å². The van der Waals surface area contributed by atoms with E-state index >= 15 is 0 Å². The van der Waals surface area contributed by atoms with Crippen molar-refractivity contribution in [3.63, 3.8) is 0 Å². The fourth-order valence-corrected chi connectivity index (χ4v) is 2.48. The largest absolute Gasteiger partial charge is 0.416 e. The summed E-state index contributed by atoms with van der Waals surface area (Å²) in [6.07, 6.45) is -3.08. The van der Waals surface area contributed by atoms with Crippen LogP contribution in [-0.2, 0) is 10.9 Å². The van der Waals surface area contributed by atoms with Crippen molar-refractivity contribution in [3.05, 3.63) is 41.2 Å². The second-order valence-corrected chi connectivity index (χ2v) is 5.59. The molecule has 2 heterocycles. The predicted octanol–water partition coefficient (Wildman–Crippen LogP) is 3.73. The molecule has 1 saturated heterocycles. The van der Waals surface area contributed by atoms with Gasteiger partial charge in [-0.05, 0) is 18.2 Å². The van der Waals surface area contributed by atoms with Crippen LogP contribution in [0.2, 0.25) is 5.02 Å². The number of alkyl halides is 3. The Labute approximate surface area is 141 Å². The molecule has 24 heavy (non-hydrogen) atoms. The van der Waals surface area contributed by atoms with Crippen LogP contribution < -0.4 is 10.2 Å². The van der Waals surface area contributed by atoms with Gasteiger partial charge in [0.25, 0.3) is 0 Å². The van der Waals surface area contributed by atoms with E-state index in [2.05, 4.69) is 15.3 Å². The lowest BCUT2D eigenvalue weighted by Gasteiger charge is -2.27. The van der Waals surface area contributed by atoms with Gasteiger partial charge in [-0.1, -0.05) is 11.6 Å². The molecule has 1 aliphatic heterocycles. The van der Waals surface area contributed by atoms with Crippen molar-refractivity contribution in [1.29, 1.82) is 0 Å². The maximum absolute atomic E-state index is 12.8. The van der Waals surface area contributed by atoms with Gasteiger partial charge in [0.1, 0.15) is 18.0 Å². The highest BCUT2D eigenvalue weighted by molar-refractivity contribution is 6.33. The zero-order valence-corrected chi connectivity index (χ0v) is 13.2. The van der Waals surface area contributed by atoms with Gasteiger partial charge in [-0.15, -0.1) is 0 Å². The highest BCUT2D eigenvalue weighted by Crippen LogP contribution is 2.34. The van der Waals surface area contributed by atoms with Crippen LogP contribution in [0.1, 0.15) is 5.56 Å². The molecule has 1 N–H and O–H groups in total. The quantitative estimate of drug-likeness (QED) is 0.906. The SMILES string of the molecule is FC(F)(F)c1ccc(Cl)c(Nc2cc(N3CCOCC3)ncn2)c1. The average molecular weight is 359 g/mol. The number of anilines is 3. The first kappa shape index (κ1) is 16.8. The third-order valence-corrected chi connectivity index (χ3v) is 3.87. The monoisotopic (exact) mass is 358 g/mol. The zero-order chi connectivity index (χ0) is 17.2. The smallest absolute Gasteiger partial charge is 0.378 e. The van der Waals surface area contributed by atoms with Crippen LogP contribution in [0.4, 0.5) is 30.5 Å². The van der Waals surface area contributed by atoms with Gasteiger partial charge in [-0.2, -0.15) is 13.2 Å². The summed E-state index contributed by atoms with van der Waals surface area (Å²) in [7, 11) is 0. The van der Waals surface area contributed by atoms with Gasteiger partial charge >= 0.3 is 6.18 Å². The maximum atomic E-state index is 12.8. The minimum absolute atomic E-state index is 0.137. The molecule has 128 valence electrons. The van der Waals surface area contributed by atoms with Crippen molar-refractivity contribution in [2.75, 3.05) is 36.5 Å². The molecule has 1 aromatic heterocycles. The van der Waals surface area contributed by atoms with Crippen LogP contribution in [0.3, 0.4) is 0 Å². The average Bonchev–Trinajstić information content (AvgIpc) is 2.57. The molecule has 2 aromatic rings. The molecule has 0 unspecified atom stereocenters. The second kappa shape index (κ2) is 6.82. The lowest BCUT2D eigenvalue weighted by atomic mass is 10.2. The van der Waals surface area contributed by atoms with E-state index in [1.54, 1.807) is 6.07 Å². The number of nitrogens with zero attached hydrogens (tertiary/aromatic N) is 3. The van der Waals surface area contributed by atoms with E-state index in [0.717, 1.165) is 12.1 Å². The van der Waals surface area contributed by atoms with Crippen LogP contribution in [0.5, 0.6) is 0 Å². The molecule has 1 aliphatic rings. The van der Waals surface area contributed by atoms with Crippen molar-refractivity contribution in [2.45, 2.75) is 6.18 Å². The van der Waals surface area contributed by atoms with Crippen molar-refractivity contribution in [2.24, 2.45) is 0 Å². The van der Waals surface area contributed by atoms with Gasteiger partial charge < -0.3 is 15.0 Å². The predicted molar refractivity (Wildman–Crippen MR) is 84.8 cm³/mol. The standard InChI is InChI=1S/C15H14ClF3N4O/c16-11-2-1-10(15(17,18)19)7-12(11)22-13-8-14(21-9-20-13)23-3-5-24-6-4-23/h1-2,7-9H,3-6H2,(H,20,21,22). The van der Waals surface area contributed by atoms with Gasteiger partial charge in [-0.25, -0.2) is 9.97 Å². The molecule has 0 atom stereocenters. The molecule has 1 aromatic carbocycles. The van der Waals surface area contributed by atoms with E-state index in [4.69, 9.17) is 16.3 Å². The number of hydrogen-bond donors (Lipinski definition) is 1. The minimum Gasteiger partial charge on any atom is -0.378 e. The Morgan fingerprint density at radius 3 is 2.58 bits per heavy atom. The first-order chi connectivity index (χ1) is 11.4. The summed E-state index contributed by atoms with van der Waals surface area (Å²) in [6.45, 7) is 2.60. The van der Waals surface area contributed by atoms with Gasteiger partial charge in [-0.3, -0.25) is 0 Å². The Hall–Kier alpha value is -2.06. The molecular weight excluding hydrogens is 345 g/mol. The molecule has 3 rings (SSSR count). The molecule has 0 aliphatic carbocycles. The number of halogens is 4. The fraction of sp³-hybridized carbons (Fsp3) is 0.333. The minimum atomic E-state index is -4.44. The Morgan fingerprint density at radius 1 is 1.12 bits per heavy atom. The van der Waals surface area contributed by atoms with Crippen molar-refractivity contribution < 1.29 is 17.9 Å². The number of morpholine rings is 1. The molecule has 0 saturated carbocycles. The number of benzene rings is 1. The molecule has 1 fully saturated rings. The Balaban J connectivity index is 1.83. The molecule has 0 amide bonds. The number of hydrogen-bond acceptors (Lipinski definition) is 5. The normalized spacial score (nSPS) is 15.4. The lowest BCUT2D eigenvalue weighted by Crippen LogP contribution is -2.36. The maximum Gasteiger partial charge on any atom is 0.416 e. The van der Waals surface area contributed by atoms with E-state index in [1.165, 1.54) is 12.4 Å². The second-order valence-electron chi connectivity index (χ2n) is 5.18. The molecule has 5 nitrogen and oxygen atoms in total.